The minimum atomic E-state index is -3.51. The number of methoxy groups -OCH3 is 1. The van der Waals surface area contributed by atoms with Crippen molar-refractivity contribution >= 4 is 15.7 Å². The van der Waals surface area contributed by atoms with Crippen LogP contribution in [-0.4, -0.2) is 32.9 Å². The molecular weight excluding hydrogens is 300 g/mol. The number of terminal acetylenes is 1. The standard InChI is InChI=1S/C16H20N2O3S/c1-3-12-11-16(12)6-8-18(9-7-16)22(19,20)13-4-5-14(17)15(10-13)21-2/h1,4-5,10,12H,6-9,11,17H2,2H3/t12-/m0/s1. The zero-order valence-electron chi connectivity index (χ0n) is 12.6. The highest BCUT2D eigenvalue weighted by Gasteiger charge is 2.54. The van der Waals surface area contributed by atoms with E-state index < -0.39 is 10.0 Å². The van der Waals surface area contributed by atoms with Crippen molar-refractivity contribution in [2.45, 2.75) is 24.2 Å². The molecule has 0 amide bonds. The fourth-order valence-corrected chi connectivity index (χ4v) is 4.77. The molecule has 0 aromatic heterocycles. The minimum absolute atomic E-state index is 0.194. The highest BCUT2D eigenvalue weighted by molar-refractivity contribution is 7.89. The number of benzene rings is 1. The van der Waals surface area contributed by atoms with Gasteiger partial charge in [0.2, 0.25) is 10.0 Å². The molecule has 0 radical (unpaired) electrons. The summed E-state index contributed by atoms with van der Waals surface area (Å²) >= 11 is 0. The van der Waals surface area contributed by atoms with E-state index in [0.29, 0.717) is 30.4 Å². The summed E-state index contributed by atoms with van der Waals surface area (Å²) in [7, 11) is -2.04. The minimum Gasteiger partial charge on any atom is -0.495 e. The largest absolute Gasteiger partial charge is 0.495 e. The van der Waals surface area contributed by atoms with Gasteiger partial charge in [-0.05, 0) is 36.8 Å². The fourth-order valence-electron chi connectivity index (χ4n) is 3.31. The van der Waals surface area contributed by atoms with E-state index in [4.69, 9.17) is 16.9 Å². The van der Waals surface area contributed by atoms with Crippen LogP contribution in [0.4, 0.5) is 5.69 Å². The van der Waals surface area contributed by atoms with Crippen molar-refractivity contribution < 1.29 is 13.2 Å². The van der Waals surface area contributed by atoms with Crippen LogP contribution in [0.2, 0.25) is 0 Å². The Hall–Kier alpha value is -1.71. The second kappa shape index (κ2) is 5.18. The molecule has 1 aromatic rings. The maximum absolute atomic E-state index is 12.7. The third-order valence-corrected chi connectivity index (χ3v) is 6.85. The SMILES string of the molecule is C#C[C@H]1CC12CCN(S(=O)(=O)c1ccc(N)c(OC)c1)CC2. The van der Waals surface area contributed by atoms with Gasteiger partial charge in [-0.2, -0.15) is 4.31 Å². The predicted octanol–water partition coefficient (Wildman–Crippen LogP) is 1.70. The lowest BCUT2D eigenvalue weighted by Crippen LogP contribution is -2.39. The molecular formula is C16H20N2O3S. The van der Waals surface area contributed by atoms with Crippen molar-refractivity contribution in [3.63, 3.8) is 0 Å². The van der Waals surface area contributed by atoms with Crippen LogP contribution in [0.1, 0.15) is 19.3 Å². The molecule has 1 atom stereocenters. The Morgan fingerprint density at radius 3 is 2.64 bits per heavy atom. The van der Waals surface area contributed by atoms with E-state index in [0.717, 1.165) is 19.3 Å². The topological polar surface area (TPSA) is 72.6 Å². The zero-order chi connectivity index (χ0) is 16.0. The highest BCUT2D eigenvalue weighted by atomic mass is 32.2. The van der Waals surface area contributed by atoms with Crippen LogP contribution in [0.15, 0.2) is 23.1 Å². The lowest BCUT2D eigenvalue weighted by Gasteiger charge is -2.31. The molecule has 118 valence electrons. The summed E-state index contributed by atoms with van der Waals surface area (Å²) in [4.78, 5) is 0.221. The van der Waals surface area contributed by atoms with Gasteiger partial charge in [0.15, 0.2) is 0 Å². The number of nitrogens with two attached hydrogens (primary N) is 1. The Bertz CT molecular complexity index is 728. The van der Waals surface area contributed by atoms with Gasteiger partial charge in [0.05, 0.1) is 17.7 Å². The molecule has 6 heteroatoms. The molecule has 1 heterocycles. The monoisotopic (exact) mass is 320 g/mol. The second-order valence-electron chi connectivity index (χ2n) is 6.09. The third-order valence-electron chi connectivity index (χ3n) is 4.95. The zero-order valence-corrected chi connectivity index (χ0v) is 13.4. The average Bonchev–Trinajstić information content (AvgIpc) is 3.20. The van der Waals surface area contributed by atoms with E-state index in [1.165, 1.54) is 23.5 Å². The van der Waals surface area contributed by atoms with Gasteiger partial charge in [0, 0.05) is 25.1 Å². The normalized spacial score (nSPS) is 23.9. The molecule has 1 saturated heterocycles. The number of hydrogen-bond donors (Lipinski definition) is 1. The van der Waals surface area contributed by atoms with Crippen LogP contribution in [-0.2, 0) is 10.0 Å². The second-order valence-corrected chi connectivity index (χ2v) is 8.03. The van der Waals surface area contributed by atoms with Gasteiger partial charge >= 0.3 is 0 Å². The van der Waals surface area contributed by atoms with Gasteiger partial charge in [-0.15, -0.1) is 12.3 Å². The van der Waals surface area contributed by atoms with Crippen LogP contribution in [0.25, 0.3) is 0 Å². The van der Waals surface area contributed by atoms with Crippen LogP contribution in [0.3, 0.4) is 0 Å². The molecule has 5 nitrogen and oxygen atoms in total. The van der Waals surface area contributed by atoms with Crippen molar-refractivity contribution in [2.24, 2.45) is 11.3 Å². The summed E-state index contributed by atoms with van der Waals surface area (Å²) in [5, 5.41) is 0. The van der Waals surface area contributed by atoms with Crippen molar-refractivity contribution in [1.82, 2.24) is 4.31 Å². The van der Waals surface area contributed by atoms with Gasteiger partial charge in [-0.3, -0.25) is 0 Å². The quantitative estimate of drug-likeness (QED) is 0.679. The molecule has 1 aromatic carbocycles. The number of nitrogens with zero attached hydrogens (tertiary/aromatic N) is 1. The fraction of sp³-hybridized carbons (Fsp3) is 0.500. The lowest BCUT2D eigenvalue weighted by atomic mass is 9.92. The van der Waals surface area contributed by atoms with E-state index in [2.05, 4.69) is 5.92 Å². The molecule has 1 aliphatic heterocycles. The molecule has 2 fully saturated rings. The smallest absolute Gasteiger partial charge is 0.243 e. The molecule has 22 heavy (non-hydrogen) atoms. The number of anilines is 1. The summed E-state index contributed by atoms with van der Waals surface area (Å²) in [5.41, 5.74) is 6.36. The number of sulfonamides is 1. The van der Waals surface area contributed by atoms with Crippen molar-refractivity contribution in [1.29, 1.82) is 0 Å². The molecule has 0 bridgehead atoms. The number of nitrogen functional groups attached to an aromatic ring is 1. The van der Waals surface area contributed by atoms with Crippen LogP contribution < -0.4 is 10.5 Å². The summed E-state index contributed by atoms with van der Waals surface area (Å²) in [6.45, 7) is 1.04. The third kappa shape index (κ3) is 2.34. The van der Waals surface area contributed by atoms with Crippen LogP contribution in [0.5, 0.6) is 5.75 Å². The van der Waals surface area contributed by atoms with Gasteiger partial charge in [0.1, 0.15) is 5.75 Å². The average molecular weight is 320 g/mol. The first-order valence-electron chi connectivity index (χ1n) is 7.33. The summed E-state index contributed by atoms with van der Waals surface area (Å²) < 4.78 is 32.1. The van der Waals surface area contributed by atoms with E-state index in [-0.39, 0.29) is 10.3 Å². The summed E-state index contributed by atoms with van der Waals surface area (Å²) in [5.74, 6) is 3.51. The molecule has 3 rings (SSSR count). The summed E-state index contributed by atoms with van der Waals surface area (Å²) in [6.07, 6.45) is 8.21. The number of rotatable bonds is 3. The Labute approximate surface area is 131 Å². The lowest BCUT2D eigenvalue weighted by molar-refractivity contribution is 0.249. The first-order chi connectivity index (χ1) is 10.4. The maximum atomic E-state index is 12.7. The van der Waals surface area contributed by atoms with E-state index in [9.17, 15) is 8.42 Å². The Morgan fingerprint density at radius 2 is 2.09 bits per heavy atom. The van der Waals surface area contributed by atoms with Gasteiger partial charge in [-0.1, -0.05) is 0 Å². The van der Waals surface area contributed by atoms with Crippen molar-refractivity contribution in [2.75, 3.05) is 25.9 Å². The number of piperidine rings is 1. The number of ether oxygens (including phenoxy) is 1. The van der Waals surface area contributed by atoms with Crippen LogP contribution >= 0.6 is 0 Å². The summed E-state index contributed by atoms with van der Waals surface area (Å²) in [6, 6.07) is 4.57. The van der Waals surface area contributed by atoms with E-state index in [1.54, 1.807) is 6.07 Å². The van der Waals surface area contributed by atoms with Gasteiger partial charge in [-0.25, -0.2) is 8.42 Å². The van der Waals surface area contributed by atoms with Gasteiger partial charge < -0.3 is 10.5 Å². The van der Waals surface area contributed by atoms with Crippen molar-refractivity contribution in [3.8, 4) is 18.1 Å². The maximum Gasteiger partial charge on any atom is 0.243 e. The van der Waals surface area contributed by atoms with Gasteiger partial charge in [0.25, 0.3) is 0 Å². The first kappa shape index (κ1) is 15.2. The van der Waals surface area contributed by atoms with E-state index >= 15 is 0 Å². The van der Waals surface area contributed by atoms with Crippen molar-refractivity contribution in [3.05, 3.63) is 18.2 Å². The van der Waals surface area contributed by atoms with E-state index in [1.807, 2.05) is 0 Å². The Morgan fingerprint density at radius 1 is 1.41 bits per heavy atom. The Balaban J connectivity index is 1.79. The Kier molecular flexibility index (Phi) is 3.58. The highest BCUT2D eigenvalue weighted by Crippen LogP contribution is 2.59. The predicted molar refractivity (Wildman–Crippen MR) is 84.8 cm³/mol. The molecule has 2 aliphatic rings. The first-order valence-corrected chi connectivity index (χ1v) is 8.77. The molecule has 1 spiro atoms. The van der Waals surface area contributed by atoms with Crippen LogP contribution in [0, 0.1) is 23.7 Å². The molecule has 0 unspecified atom stereocenters. The number of hydrogen-bond acceptors (Lipinski definition) is 4. The molecule has 1 saturated carbocycles. The molecule has 1 aliphatic carbocycles. The molecule has 2 N–H and O–H groups in total.